The first-order chi connectivity index (χ1) is 11.1. The number of carbonyl (C=O) groups excluding carboxylic acids is 1. The molecule has 0 N–H and O–H groups in total. The zero-order valence-corrected chi connectivity index (χ0v) is 13.6. The second kappa shape index (κ2) is 7.99. The Bertz CT molecular complexity index is 725. The maximum atomic E-state index is 11.3. The van der Waals surface area contributed by atoms with Gasteiger partial charge in [-0.25, -0.2) is 4.79 Å². The van der Waals surface area contributed by atoms with E-state index in [2.05, 4.69) is 35.9 Å². The standard InChI is InChI=1S/C20H20O3/c1-15-4-6-16(7-5-15)8-9-17-10-12-19(22-2)14-18(17)11-13-20(21)23-3/h4-14H,1-3H3/b9-8+,13-11+. The minimum absolute atomic E-state index is 0.388. The van der Waals surface area contributed by atoms with Crippen LogP contribution in [0.1, 0.15) is 22.3 Å². The van der Waals surface area contributed by atoms with E-state index in [1.165, 1.54) is 18.7 Å². The Kier molecular flexibility index (Phi) is 5.75. The van der Waals surface area contributed by atoms with Gasteiger partial charge >= 0.3 is 5.97 Å². The summed E-state index contributed by atoms with van der Waals surface area (Å²) < 4.78 is 9.88. The summed E-state index contributed by atoms with van der Waals surface area (Å²) in [6, 6.07) is 14.0. The molecular weight excluding hydrogens is 288 g/mol. The second-order valence-corrected chi connectivity index (χ2v) is 5.10. The summed E-state index contributed by atoms with van der Waals surface area (Å²) in [4.78, 5) is 11.3. The lowest BCUT2D eigenvalue weighted by molar-refractivity contribution is -0.134. The molecule has 0 spiro atoms. The molecule has 0 bridgehead atoms. The predicted octanol–water partition coefficient (Wildman–Crippen LogP) is 4.36. The van der Waals surface area contributed by atoms with Crippen molar-refractivity contribution in [2.75, 3.05) is 14.2 Å². The molecule has 0 saturated heterocycles. The zero-order valence-electron chi connectivity index (χ0n) is 13.6. The van der Waals surface area contributed by atoms with E-state index in [9.17, 15) is 4.79 Å². The van der Waals surface area contributed by atoms with Crippen LogP contribution in [0.2, 0.25) is 0 Å². The van der Waals surface area contributed by atoms with E-state index in [-0.39, 0.29) is 5.97 Å². The molecule has 2 aromatic carbocycles. The highest BCUT2D eigenvalue weighted by Crippen LogP contribution is 2.21. The van der Waals surface area contributed by atoms with Crippen LogP contribution in [0.4, 0.5) is 0 Å². The minimum atomic E-state index is -0.388. The molecule has 3 nitrogen and oxygen atoms in total. The number of ether oxygens (including phenoxy) is 2. The quantitative estimate of drug-likeness (QED) is 0.468. The van der Waals surface area contributed by atoms with Crippen molar-refractivity contribution in [1.29, 1.82) is 0 Å². The largest absolute Gasteiger partial charge is 0.497 e. The highest BCUT2D eigenvalue weighted by Gasteiger charge is 2.01. The average molecular weight is 308 g/mol. The number of carbonyl (C=O) groups is 1. The molecule has 3 heteroatoms. The summed E-state index contributed by atoms with van der Waals surface area (Å²) in [5.74, 6) is 0.350. The number of esters is 1. The SMILES string of the molecule is COC(=O)/C=C/c1cc(OC)ccc1/C=C/c1ccc(C)cc1. The van der Waals surface area contributed by atoms with Crippen LogP contribution in [0.5, 0.6) is 5.75 Å². The van der Waals surface area contributed by atoms with Gasteiger partial charge in [-0.15, -0.1) is 0 Å². The lowest BCUT2D eigenvalue weighted by Gasteiger charge is -2.05. The molecule has 0 aliphatic rings. The Morgan fingerprint density at radius 1 is 0.913 bits per heavy atom. The fourth-order valence-corrected chi connectivity index (χ4v) is 2.07. The molecule has 0 heterocycles. The predicted molar refractivity (Wildman–Crippen MR) is 94.2 cm³/mol. The number of methoxy groups -OCH3 is 2. The summed E-state index contributed by atoms with van der Waals surface area (Å²) in [6.45, 7) is 2.06. The summed E-state index contributed by atoms with van der Waals surface area (Å²) >= 11 is 0. The molecule has 0 aliphatic heterocycles. The van der Waals surface area contributed by atoms with Crippen molar-refractivity contribution in [2.24, 2.45) is 0 Å². The molecule has 2 rings (SSSR count). The van der Waals surface area contributed by atoms with E-state index >= 15 is 0 Å². The Hall–Kier alpha value is -2.81. The molecule has 118 valence electrons. The van der Waals surface area contributed by atoms with Crippen LogP contribution in [-0.2, 0) is 9.53 Å². The first-order valence-electron chi connectivity index (χ1n) is 7.31. The van der Waals surface area contributed by atoms with Crippen molar-refractivity contribution < 1.29 is 14.3 Å². The van der Waals surface area contributed by atoms with Crippen LogP contribution in [0.25, 0.3) is 18.2 Å². The van der Waals surface area contributed by atoms with Crippen LogP contribution in [0.15, 0.2) is 48.5 Å². The third kappa shape index (κ3) is 4.85. The van der Waals surface area contributed by atoms with Gasteiger partial charge in [0.05, 0.1) is 14.2 Å². The van der Waals surface area contributed by atoms with Crippen LogP contribution < -0.4 is 4.74 Å². The molecule has 23 heavy (non-hydrogen) atoms. The lowest BCUT2D eigenvalue weighted by Crippen LogP contribution is -1.94. The number of hydrogen-bond donors (Lipinski definition) is 0. The van der Waals surface area contributed by atoms with E-state index in [1.807, 2.05) is 30.4 Å². The maximum Gasteiger partial charge on any atom is 0.330 e. The van der Waals surface area contributed by atoms with Crippen molar-refractivity contribution in [2.45, 2.75) is 6.92 Å². The van der Waals surface area contributed by atoms with Crippen molar-refractivity contribution in [3.05, 3.63) is 70.8 Å². The molecule has 0 aliphatic carbocycles. The molecule has 2 aromatic rings. The van der Waals surface area contributed by atoms with Gasteiger partial charge in [-0.3, -0.25) is 0 Å². The molecule has 0 aromatic heterocycles. The van der Waals surface area contributed by atoms with E-state index in [4.69, 9.17) is 4.74 Å². The van der Waals surface area contributed by atoms with Gasteiger partial charge in [-0.2, -0.15) is 0 Å². The molecule has 0 saturated carbocycles. The summed E-state index contributed by atoms with van der Waals surface area (Å²) in [5.41, 5.74) is 4.23. The monoisotopic (exact) mass is 308 g/mol. The fourth-order valence-electron chi connectivity index (χ4n) is 2.07. The van der Waals surface area contributed by atoms with Crippen LogP contribution in [0, 0.1) is 6.92 Å². The zero-order chi connectivity index (χ0) is 16.7. The summed E-state index contributed by atoms with van der Waals surface area (Å²) in [5, 5.41) is 0. The highest BCUT2D eigenvalue weighted by molar-refractivity contribution is 5.88. The van der Waals surface area contributed by atoms with Gasteiger partial charge in [-0.05, 0) is 41.8 Å². The van der Waals surface area contributed by atoms with Crippen molar-refractivity contribution in [3.8, 4) is 5.75 Å². The van der Waals surface area contributed by atoms with Crippen LogP contribution in [0.3, 0.4) is 0 Å². The van der Waals surface area contributed by atoms with Gasteiger partial charge in [0.1, 0.15) is 5.75 Å². The number of benzene rings is 2. The first-order valence-corrected chi connectivity index (χ1v) is 7.31. The fraction of sp³-hybridized carbons (Fsp3) is 0.150. The molecule has 0 unspecified atom stereocenters. The molecule has 0 fully saturated rings. The van der Waals surface area contributed by atoms with Crippen LogP contribution >= 0.6 is 0 Å². The van der Waals surface area contributed by atoms with Gasteiger partial charge in [-0.1, -0.05) is 48.0 Å². The normalized spacial score (nSPS) is 11.1. The van der Waals surface area contributed by atoms with E-state index < -0.39 is 0 Å². The Balaban J connectivity index is 2.31. The summed E-state index contributed by atoms with van der Waals surface area (Å²) in [7, 11) is 2.97. The van der Waals surface area contributed by atoms with Gasteiger partial charge in [0, 0.05) is 6.08 Å². The molecule has 0 atom stereocenters. The average Bonchev–Trinajstić information content (AvgIpc) is 2.59. The van der Waals surface area contributed by atoms with Gasteiger partial charge < -0.3 is 9.47 Å². The van der Waals surface area contributed by atoms with Crippen molar-refractivity contribution in [3.63, 3.8) is 0 Å². The lowest BCUT2D eigenvalue weighted by atomic mass is 10.0. The van der Waals surface area contributed by atoms with Gasteiger partial charge in [0.15, 0.2) is 0 Å². The Morgan fingerprint density at radius 3 is 2.30 bits per heavy atom. The Labute approximate surface area is 136 Å². The minimum Gasteiger partial charge on any atom is -0.497 e. The first kappa shape index (κ1) is 16.6. The third-order valence-electron chi connectivity index (χ3n) is 3.43. The van der Waals surface area contributed by atoms with Gasteiger partial charge in [0.25, 0.3) is 0 Å². The Morgan fingerprint density at radius 2 is 1.65 bits per heavy atom. The van der Waals surface area contributed by atoms with Crippen molar-refractivity contribution >= 4 is 24.2 Å². The molecular formula is C20H20O3. The van der Waals surface area contributed by atoms with Crippen molar-refractivity contribution in [1.82, 2.24) is 0 Å². The number of aryl methyl sites for hydroxylation is 1. The van der Waals surface area contributed by atoms with E-state index in [0.717, 1.165) is 22.4 Å². The highest BCUT2D eigenvalue weighted by atomic mass is 16.5. The molecule has 0 amide bonds. The smallest absolute Gasteiger partial charge is 0.330 e. The number of hydrogen-bond acceptors (Lipinski definition) is 3. The van der Waals surface area contributed by atoms with E-state index in [0.29, 0.717) is 0 Å². The van der Waals surface area contributed by atoms with E-state index in [1.54, 1.807) is 13.2 Å². The maximum absolute atomic E-state index is 11.3. The summed E-state index contributed by atoms with van der Waals surface area (Å²) in [6.07, 6.45) is 7.18. The van der Waals surface area contributed by atoms with Gasteiger partial charge in [0.2, 0.25) is 0 Å². The third-order valence-corrected chi connectivity index (χ3v) is 3.43. The number of rotatable bonds is 5. The topological polar surface area (TPSA) is 35.5 Å². The molecule has 0 radical (unpaired) electrons. The van der Waals surface area contributed by atoms with Crippen LogP contribution in [-0.4, -0.2) is 20.2 Å². The second-order valence-electron chi connectivity index (χ2n) is 5.10.